The standard InChI is InChI=1S/C19H28FN3O3S/c1-15-6-10-22(11-7-15)27(25,26)23-12-8-17(9-13-23)19(24)21-14-16-2-4-18(20)5-3-16/h2-5,15,17H,6-14H2,1H3,(H,21,24). The predicted molar refractivity (Wildman–Crippen MR) is 101 cm³/mol. The number of carbonyl (C=O) groups excluding carboxylic acids is 1. The van der Waals surface area contributed by atoms with Crippen LogP contribution in [-0.2, 0) is 21.5 Å². The molecule has 0 aromatic heterocycles. The second-order valence-electron chi connectivity index (χ2n) is 7.61. The van der Waals surface area contributed by atoms with Crippen molar-refractivity contribution >= 4 is 16.1 Å². The van der Waals surface area contributed by atoms with Crippen molar-refractivity contribution in [2.75, 3.05) is 26.2 Å². The highest BCUT2D eigenvalue weighted by atomic mass is 32.2. The van der Waals surface area contributed by atoms with Gasteiger partial charge in [0.1, 0.15) is 5.82 Å². The highest BCUT2D eigenvalue weighted by Gasteiger charge is 2.35. The molecule has 2 fully saturated rings. The first-order valence-corrected chi connectivity index (χ1v) is 11.0. The Morgan fingerprint density at radius 3 is 2.11 bits per heavy atom. The van der Waals surface area contributed by atoms with E-state index in [0.29, 0.717) is 51.5 Å². The van der Waals surface area contributed by atoms with Gasteiger partial charge in [0.2, 0.25) is 5.91 Å². The van der Waals surface area contributed by atoms with Gasteiger partial charge in [-0.1, -0.05) is 19.1 Å². The number of nitrogens with zero attached hydrogens (tertiary/aromatic N) is 2. The summed E-state index contributed by atoms with van der Waals surface area (Å²) in [5.41, 5.74) is 0.837. The Hall–Kier alpha value is -1.51. The van der Waals surface area contributed by atoms with Crippen molar-refractivity contribution in [2.45, 2.75) is 39.2 Å². The van der Waals surface area contributed by atoms with Crippen LogP contribution < -0.4 is 5.32 Å². The zero-order valence-electron chi connectivity index (χ0n) is 15.7. The van der Waals surface area contributed by atoms with Crippen LogP contribution in [0.2, 0.25) is 0 Å². The summed E-state index contributed by atoms with van der Waals surface area (Å²) < 4.78 is 41.6. The summed E-state index contributed by atoms with van der Waals surface area (Å²) in [5.74, 6) is 0.0234. The number of hydrogen-bond acceptors (Lipinski definition) is 3. The number of rotatable bonds is 5. The zero-order chi connectivity index (χ0) is 19.4. The predicted octanol–water partition coefficient (Wildman–Crippen LogP) is 2.13. The lowest BCUT2D eigenvalue weighted by Gasteiger charge is -2.37. The van der Waals surface area contributed by atoms with Crippen molar-refractivity contribution in [3.8, 4) is 0 Å². The number of halogens is 1. The average Bonchev–Trinajstić information content (AvgIpc) is 2.68. The van der Waals surface area contributed by atoms with Gasteiger partial charge in [0.05, 0.1) is 0 Å². The van der Waals surface area contributed by atoms with Gasteiger partial charge in [0.15, 0.2) is 0 Å². The van der Waals surface area contributed by atoms with Crippen molar-refractivity contribution in [1.29, 1.82) is 0 Å². The number of nitrogens with one attached hydrogen (secondary N) is 1. The number of amides is 1. The lowest BCUT2D eigenvalue weighted by Crippen LogP contribution is -2.50. The fourth-order valence-corrected chi connectivity index (χ4v) is 5.33. The van der Waals surface area contributed by atoms with E-state index in [1.807, 2.05) is 0 Å². The smallest absolute Gasteiger partial charge is 0.281 e. The third-order valence-corrected chi connectivity index (χ3v) is 7.64. The molecule has 2 aliphatic rings. The van der Waals surface area contributed by atoms with Crippen molar-refractivity contribution in [3.05, 3.63) is 35.6 Å². The van der Waals surface area contributed by atoms with E-state index in [1.165, 1.54) is 16.4 Å². The van der Waals surface area contributed by atoms with Crippen molar-refractivity contribution in [1.82, 2.24) is 13.9 Å². The normalized spacial score (nSPS) is 21.3. The largest absolute Gasteiger partial charge is 0.352 e. The molecule has 0 aliphatic carbocycles. The van der Waals surface area contributed by atoms with Gasteiger partial charge in [-0.2, -0.15) is 17.0 Å². The number of piperidine rings is 2. The molecular formula is C19H28FN3O3S. The highest BCUT2D eigenvalue weighted by Crippen LogP contribution is 2.25. The first-order chi connectivity index (χ1) is 12.9. The van der Waals surface area contributed by atoms with Gasteiger partial charge >= 0.3 is 0 Å². The molecule has 1 aromatic carbocycles. The highest BCUT2D eigenvalue weighted by molar-refractivity contribution is 7.86. The monoisotopic (exact) mass is 397 g/mol. The third-order valence-electron chi connectivity index (χ3n) is 5.60. The Morgan fingerprint density at radius 2 is 1.56 bits per heavy atom. The van der Waals surface area contributed by atoms with Gasteiger partial charge in [0, 0.05) is 38.6 Å². The van der Waals surface area contributed by atoms with E-state index in [0.717, 1.165) is 18.4 Å². The quantitative estimate of drug-likeness (QED) is 0.828. The van der Waals surface area contributed by atoms with Gasteiger partial charge in [0.25, 0.3) is 10.2 Å². The number of hydrogen-bond donors (Lipinski definition) is 1. The molecular weight excluding hydrogens is 369 g/mol. The first kappa shape index (κ1) is 20.2. The van der Waals surface area contributed by atoms with Gasteiger partial charge in [-0.3, -0.25) is 4.79 Å². The molecule has 2 heterocycles. The maximum atomic E-state index is 12.9. The summed E-state index contributed by atoms with van der Waals surface area (Å²) in [6.45, 7) is 4.43. The Bertz CT molecular complexity index is 738. The van der Waals surface area contributed by atoms with Crippen LogP contribution in [0.3, 0.4) is 0 Å². The first-order valence-electron chi connectivity index (χ1n) is 9.63. The fraction of sp³-hybridized carbons (Fsp3) is 0.632. The summed E-state index contributed by atoms with van der Waals surface area (Å²) in [5, 5.41) is 2.87. The molecule has 27 heavy (non-hydrogen) atoms. The topological polar surface area (TPSA) is 69.7 Å². The van der Waals surface area contributed by atoms with Crippen LogP contribution in [0, 0.1) is 17.7 Å². The van der Waals surface area contributed by atoms with E-state index < -0.39 is 10.2 Å². The second-order valence-corrected chi connectivity index (χ2v) is 9.54. The maximum absolute atomic E-state index is 12.9. The fourth-order valence-electron chi connectivity index (χ4n) is 3.66. The SMILES string of the molecule is CC1CCN(S(=O)(=O)N2CCC(C(=O)NCc3ccc(F)cc3)CC2)CC1. The van der Waals surface area contributed by atoms with Gasteiger partial charge in [-0.25, -0.2) is 4.39 Å². The Kier molecular flexibility index (Phi) is 6.49. The van der Waals surface area contributed by atoms with E-state index in [4.69, 9.17) is 0 Å². The maximum Gasteiger partial charge on any atom is 0.281 e. The molecule has 150 valence electrons. The molecule has 0 radical (unpaired) electrons. The van der Waals surface area contributed by atoms with Crippen LogP contribution in [0.4, 0.5) is 4.39 Å². The van der Waals surface area contributed by atoms with Gasteiger partial charge in [-0.15, -0.1) is 0 Å². The Balaban J connectivity index is 1.47. The van der Waals surface area contributed by atoms with Crippen LogP contribution in [-0.4, -0.2) is 49.1 Å². The minimum absolute atomic E-state index is 0.0665. The van der Waals surface area contributed by atoms with E-state index >= 15 is 0 Å². The number of carbonyl (C=O) groups is 1. The molecule has 1 aromatic rings. The van der Waals surface area contributed by atoms with Crippen LogP contribution in [0.25, 0.3) is 0 Å². The van der Waals surface area contributed by atoms with Crippen molar-refractivity contribution < 1.29 is 17.6 Å². The Labute approximate surface area is 160 Å². The second kappa shape index (κ2) is 8.67. The summed E-state index contributed by atoms with van der Waals surface area (Å²) in [7, 11) is -3.42. The molecule has 0 spiro atoms. The van der Waals surface area contributed by atoms with Crippen LogP contribution in [0.15, 0.2) is 24.3 Å². The summed E-state index contributed by atoms with van der Waals surface area (Å²) in [6.07, 6.45) is 2.86. The molecule has 1 N–H and O–H groups in total. The molecule has 2 aliphatic heterocycles. The minimum atomic E-state index is -3.42. The molecule has 0 unspecified atom stereocenters. The van der Waals surface area contributed by atoms with Crippen LogP contribution in [0.5, 0.6) is 0 Å². The van der Waals surface area contributed by atoms with E-state index in [-0.39, 0.29) is 17.6 Å². The van der Waals surface area contributed by atoms with E-state index in [2.05, 4.69) is 12.2 Å². The summed E-state index contributed by atoms with van der Waals surface area (Å²) >= 11 is 0. The van der Waals surface area contributed by atoms with Gasteiger partial charge in [-0.05, 0) is 49.3 Å². The van der Waals surface area contributed by atoms with Crippen LogP contribution >= 0.6 is 0 Å². The van der Waals surface area contributed by atoms with Crippen LogP contribution in [0.1, 0.15) is 38.2 Å². The molecule has 6 nitrogen and oxygen atoms in total. The average molecular weight is 398 g/mol. The molecule has 0 bridgehead atoms. The molecule has 1 amide bonds. The lowest BCUT2D eigenvalue weighted by atomic mass is 9.97. The summed E-state index contributed by atoms with van der Waals surface area (Å²) in [6, 6.07) is 6.02. The lowest BCUT2D eigenvalue weighted by molar-refractivity contribution is -0.126. The third kappa shape index (κ3) is 5.06. The van der Waals surface area contributed by atoms with E-state index in [1.54, 1.807) is 16.4 Å². The molecule has 3 rings (SSSR count). The molecule has 0 atom stereocenters. The molecule has 0 saturated carbocycles. The van der Waals surface area contributed by atoms with Crippen molar-refractivity contribution in [3.63, 3.8) is 0 Å². The van der Waals surface area contributed by atoms with Gasteiger partial charge < -0.3 is 5.32 Å². The molecule has 8 heteroatoms. The Morgan fingerprint density at radius 1 is 1.04 bits per heavy atom. The van der Waals surface area contributed by atoms with Crippen molar-refractivity contribution in [2.24, 2.45) is 11.8 Å². The molecule has 2 saturated heterocycles. The summed E-state index contributed by atoms with van der Waals surface area (Å²) in [4.78, 5) is 12.4. The minimum Gasteiger partial charge on any atom is -0.352 e. The zero-order valence-corrected chi connectivity index (χ0v) is 16.5. The number of benzene rings is 1. The van der Waals surface area contributed by atoms with E-state index in [9.17, 15) is 17.6 Å².